The summed E-state index contributed by atoms with van der Waals surface area (Å²) in [7, 11) is 0. The molecule has 0 aliphatic rings. The Labute approximate surface area is 113 Å². The summed E-state index contributed by atoms with van der Waals surface area (Å²) in [6, 6.07) is 20.8. The second-order valence-corrected chi connectivity index (χ2v) is 2.73. The van der Waals surface area contributed by atoms with E-state index in [4.69, 9.17) is 0 Å². The van der Waals surface area contributed by atoms with Gasteiger partial charge in [0.25, 0.3) is 0 Å². The monoisotopic (exact) mass is 357 g/mol. The Hall–Kier alpha value is -0.272. The molecule has 0 aliphatic carbocycles. The fourth-order valence-electron chi connectivity index (χ4n) is 1.26. The molecule has 0 aliphatic heterocycles. The van der Waals surface area contributed by atoms with Crippen molar-refractivity contribution in [3.8, 4) is 11.1 Å². The predicted molar refractivity (Wildman–Crippen MR) is 73.0 cm³/mol. The molecule has 0 atom stereocenters. The Morgan fingerprint density at radius 3 is 1.07 bits per heavy atom. The summed E-state index contributed by atoms with van der Waals surface area (Å²) in [6.45, 7) is 0. The fourth-order valence-corrected chi connectivity index (χ4v) is 1.26. The number of benzene rings is 2. The maximum atomic E-state index is 2.12. The Bertz CT molecular complexity index is 308. The topological polar surface area (TPSA) is 0 Å². The van der Waals surface area contributed by atoms with Crippen molar-refractivity contribution in [3.05, 3.63) is 60.7 Å². The molecule has 2 rings (SSSR count). The van der Waals surface area contributed by atoms with Gasteiger partial charge in [-0.25, -0.2) is 0 Å². The minimum atomic E-state index is 0. The first-order valence-electron chi connectivity index (χ1n) is 4.07. The standard InChI is InChI=1S/C12H10.As.HI/c1-3-7-11(8-4-1)12-9-5-2-6-10-12;;/h1-10H;;1H. The van der Waals surface area contributed by atoms with Gasteiger partial charge < -0.3 is 0 Å². The largest absolute Gasteiger partial charge is 0.107 e. The molecule has 0 bridgehead atoms. The van der Waals surface area contributed by atoms with Crippen LogP contribution in [-0.4, -0.2) is 18.0 Å². The summed E-state index contributed by atoms with van der Waals surface area (Å²) in [5.41, 5.74) is 2.55. The van der Waals surface area contributed by atoms with Crippen LogP contribution >= 0.6 is 24.0 Å². The first kappa shape index (κ1) is 13.7. The zero-order valence-electron chi connectivity index (χ0n) is 7.63. The first-order chi connectivity index (χ1) is 5.97. The van der Waals surface area contributed by atoms with Gasteiger partial charge in [-0.1, -0.05) is 60.7 Å². The Morgan fingerprint density at radius 1 is 0.500 bits per heavy atom. The number of hydrogen-bond donors (Lipinski definition) is 0. The van der Waals surface area contributed by atoms with Crippen LogP contribution in [0.15, 0.2) is 60.7 Å². The van der Waals surface area contributed by atoms with Crippen LogP contribution in [0.5, 0.6) is 0 Å². The van der Waals surface area contributed by atoms with E-state index in [9.17, 15) is 0 Å². The SMILES string of the molecule is I.[As].c1ccc(-c2ccccc2)cc1. The van der Waals surface area contributed by atoms with E-state index in [1.807, 2.05) is 12.1 Å². The van der Waals surface area contributed by atoms with Crippen molar-refractivity contribution in [3.63, 3.8) is 0 Å². The van der Waals surface area contributed by atoms with E-state index in [-0.39, 0.29) is 41.9 Å². The second-order valence-electron chi connectivity index (χ2n) is 2.73. The Balaban J connectivity index is 0.000000845. The molecular weight excluding hydrogens is 346 g/mol. The third-order valence-corrected chi connectivity index (χ3v) is 1.88. The van der Waals surface area contributed by atoms with Crippen molar-refractivity contribution >= 4 is 41.9 Å². The van der Waals surface area contributed by atoms with E-state index in [1.54, 1.807) is 0 Å². The van der Waals surface area contributed by atoms with E-state index >= 15 is 0 Å². The van der Waals surface area contributed by atoms with E-state index in [0.29, 0.717) is 0 Å². The smallest absolute Gasteiger partial charge is 0 e. The normalized spacial score (nSPS) is 8.29. The van der Waals surface area contributed by atoms with Crippen LogP contribution in [0.1, 0.15) is 0 Å². The van der Waals surface area contributed by atoms with Crippen molar-refractivity contribution in [2.24, 2.45) is 0 Å². The van der Waals surface area contributed by atoms with Crippen LogP contribution in [0, 0.1) is 0 Å². The molecule has 14 heavy (non-hydrogen) atoms. The van der Waals surface area contributed by atoms with Gasteiger partial charge >= 0.3 is 0 Å². The molecule has 3 radical (unpaired) electrons. The van der Waals surface area contributed by atoms with Crippen molar-refractivity contribution in [2.75, 3.05) is 0 Å². The van der Waals surface area contributed by atoms with Gasteiger partial charge in [0.05, 0.1) is 0 Å². The Morgan fingerprint density at radius 2 is 0.786 bits per heavy atom. The fraction of sp³-hybridized carbons (Fsp3) is 0. The minimum absolute atomic E-state index is 0. The van der Waals surface area contributed by atoms with Gasteiger partial charge in [0, 0.05) is 18.0 Å². The van der Waals surface area contributed by atoms with Crippen LogP contribution in [0.4, 0.5) is 0 Å². The second kappa shape index (κ2) is 7.08. The third-order valence-electron chi connectivity index (χ3n) is 1.88. The van der Waals surface area contributed by atoms with Gasteiger partial charge in [-0.2, -0.15) is 0 Å². The van der Waals surface area contributed by atoms with Gasteiger partial charge in [-0.3, -0.25) is 0 Å². The molecule has 0 N–H and O–H groups in total. The molecule has 0 unspecified atom stereocenters. The van der Waals surface area contributed by atoms with Crippen LogP contribution in [0.3, 0.4) is 0 Å². The summed E-state index contributed by atoms with van der Waals surface area (Å²) in [6.07, 6.45) is 0. The summed E-state index contributed by atoms with van der Waals surface area (Å²) < 4.78 is 0. The molecule has 0 saturated carbocycles. The molecule has 0 aromatic heterocycles. The summed E-state index contributed by atoms with van der Waals surface area (Å²) in [5.74, 6) is 0. The zero-order chi connectivity index (χ0) is 8.23. The van der Waals surface area contributed by atoms with Crippen LogP contribution < -0.4 is 0 Å². The van der Waals surface area contributed by atoms with E-state index in [2.05, 4.69) is 48.5 Å². The predicted octanol–water partition coefficient (Wildman–Crippen LogP) is 3.59. The van der Waals surface area contributed by atoms with Crippen molar-refractivity contribution in [2.45, 2.75) is 0 Å². The van der Waals surface area contributed by atoms with Crippen molar-refractivity contribution in [1.29, 1.82) is 0 Å². The summed E-state index contributed by atoms with van der Waals surface area (Å²) in [4.78, 5) is 0. The van der Waals surface area contributed by atoms with E-state index in [1.165, 1.54) is 11.1 Å². The molecule has 71 valence electrons. The average Bonchev–Trinajstić information content (AvgIpc) is 2.21. The number of hydrogen-bond acceptors (Lipinski definition) is 0. The summed E-state index contributed by atoms with van der Waals surface area (Å²) in [5, 5.41) is 0. The van der Waals surface area contributed by atoms with E-state index < -0.39 is 0 Å². The molecule has 2 aromatic rings. The zero-order valence-corrected chi connectivity index (χ0v) is 11.8. The van der Waals surface area contributed by atoms with Gasteiger partial charge in [-0.15, -0.1) is 24.0 Å². The summed E-state index contributed by atoms with van der Waals surface area (Å²) >= 11 is 0. The molecule has 2 aromatic carbocycles. The Kier molecular flexibility index (Phi) is 6.94. The molecular formula is C12H11AsI. The van der Waals surface area contributed by atoms with Gasteiger partial charge in [0.1, 0.15) is 0 Å². The number of rotatable bonds is 1. The molecule has 0 heterocycles. The molecule has 0 saturated heterocycles. The molecule has 0 fully saturated rings. The molecule has 0 amide bonds. The molecule has 2 heteroatoms. The maximum Gasteiger partial charge on any atom is 0 e. The van der Waals surface area contributed by atoms with Crippen molar-refractivity contribution < 1.29 is 0 Å². The van der Waals surface area contributed by atoms with Crippen molar-refractivity contribution in [1.82, 2.24) is 0 Å². The van der Waals surface area contributed by atoms with Gasteiger partial charge in [0.2, 0.25) is 0 Å². The average molecular weight is 357 g/mol. The van der Waals surface area contributed by atoms with Crippen LogP contribution in [-0.2, 0) is 0 Å². The molecule has 0 nitrogen and oxygen atoms in total. The maximum absolute atomic E-state index is 2.12. The molecule has 0 spiro atoms. The first-order valence-corrected chi connectivity index (χ1v) is 4.07. The third kappa shape index (κ3) is 3.47. The quantitative estimate of drug-likeness (QED) is 0.541. The van der Waals surface area contributed by atoms with Gasteiger partial charge in [-0.05, 0) is 11.1 Å². The van der Waals surface area contributed by atoms with Crippen LogP contribution in [0.2, 0.25) is 0 Å². The number of halogens is 1. The van der Waals surface area contributed by atoms with Gasteiger partial charge in [0.15, 0.2) is 0 Å². The minimum Gasteiger partial charge on any atom is -0.107 e. The van der Waals surface area contributed by atoms with E-state index in [0.717, 1.165) is 0 Å². The van der Waals surface area contributed by atoms with Crippen LogP contribution in [0.25, 0.3) is 11.1 Å².